The Bertz CT molecular complexity index is 220. The quantitative estimate of drug-likeness (QED) is 0.727. The van der Waals surface area contributed by atoms with E-state index < -0.39 is 5.97 Å². The van der Waals surface area contributed by atoms with Gasteiger partial charge in [0.2, 0.25) is 0 Å². The summed E-state index contributed by atoms with van der Waals surface area (Å²) in [5, 5.41) is 8.94. The Hall–Kier alpha value is -0.570. The lowest BCUT2D eigenvalue weighted by Crippen LogP contribution is -2.36. The molecule has 0 heterocycles. The van der Waals surface area contributed by atoms with Crippen LogP contribution in [0.5, 0.6) is 0 Å². The first-order valence-corrected chi connectivity index (χ1v) is 7.02. The molecular weight excluding hydrogens is 214 g/mol. The van der Waals surface area contributed by atoms with E-state index in [-0.39, 0.29) is 6.54 Å². The zero-order chi connectivity index (χ0) is 12.7. The summed E-state index contributed by atoms with van der Waals surface area (Å²) >= 11 is 0. The van der Waals surface area contributed by atoms with Crippen molar-refractivity contribution in [1.82, 2.24) is 4.90 Å². The van der Waals surface area contributed by atoms with Crippen molar-refractivity contribution in [2.24, 2.45) is 11.8 Å². The van der Waals surface area contributed by atoms with E-state index in [4.69, 9.17) is 5.11 Å². The van der Waals surface area contributed by atoms with Gasteiger partial charge in [-0.05, 0) is 24.7 Å². The van der Waals surface area contributed by atoms with Gasteiger partial charge < -0.3 is 5.11 Å². The average molecular weight is 241 g/mol. The maximum atomic E-state index is 10.9. The molecule has 0 atom stereocenters. The zero-order valence-electron chi connectivity index (χ0n) is 11.3. The van der Waals surface area contributed by atoms with Crippen LogP contribution in [0.3, 0.4) is 0 Å². The number of nitrogens with zero attached hydrogens (tertiary/aromatic N) is 1. The highest BCUT2D eigenvalue weighted by atomic mass is 16.4. The molecule has 0 spiro atoms. The van der Waals surface area contributed by atoms with E-state index in [2.05, 4.69) is 18.7 Å². The molecule has 17 heavy (non-hydrogen) atoms. The number of carboxylic acids is 1. The summed E-state index contributed by atoms with van der Waals surface area (Å²) in [6.07, 6.45) is 7.95. The van der Waals surface area contributed by atoms with Crippen LogP contribution in [-0.2, 0) is 4.79 Å². The maximum absolute atomic E-state index is 10.9. The van der Waals surface area contributed by atoms with Gasteiger partial charge in [0.15, 0.2) is 0 Å². The van der Waals surface area contributed by atoms with Crippen LogP contribution < -0.4 is 0 Å². The third kappa shape index (κ3) is 6.67. The molecule has 1 aliphatic rings. The topological polar surface area (TPSA) is 40.5 Å². The lowest BCUT2D eigenvalue weighted by atomic mass is 9.99. The molecule has 0 bridgehead atoms. The molecule has 1 fully saturated rings. The molecular formula is C14H27NO2. The fraction of sp³-hybridized carbons (Fsp3) is 0.929. The van der Waals surface area contributed by atoms with Gasteiger partial charge in [0.05, 0.1) is 6.54 Å². The van der Waals surface area contributed by atoms with Crippen molar-refractivity contribution in [2.75, 3.05) is 19.6 Å². The molecule has 0 unspecified atom stereocenters. The van der Waals surface area contributed by atoms with Crippen molar-refractivity contribution in [2.45, 2.75) is 52.4 Å². The number of rotatable bonds is 6. The molecule has 1 saturated carbocycles. The molecule has 0 aliphatic heterocycles. The van der Waals surface area contributed by atoms with Crippen LogP contribution in [0.1, 0.15) is 52.4 Å². The second-order valence-corrected chi connectivity index (χ2v) is 5.84. The lowest BCUT2D eigenvalue weighted by Gasteiger charge is -2.27. The van der Waals surface area contributed by atoms with Crippen molar-refractivity contribution in [3.8, 4) is 0 Å². The summed E-state index contributed by atoms with van der Waals surface area (Å²) < 4.78 is 0. The highest BCUT2D eigenvalue weighted by Gasteiger charge is 2.18. The summed E-state index contributed by atoms with van der Waals surface area (Å²) in [6, 6.07) is 0. The predicted octanol–water partition coefficient (Wildman–Crippen LogP) is 3.00. The molecule has 0 radical (unpaired) electrons. The molecule has 1 aliphatic carbocycles. The molecule has 1 rings (SSSR count). The molecule has 100 valence electrons. The first-order chi connectivity index (χ1) is 8.08. The van der Waals surface area contributed by atoms with Gasteiger partial charge in [0, 0.05) is 13.1 Å². The van der Waals surface area contributed by atoms with Gasteiger partial charge in [-0.25, -0.2) is 0 Å². The van der Waals surface area contributed by atoms with E-state index in [0.717, 1.165) is 19.0 Å². The Morgan fingerprint density at radius 3 is 2.29 bits per heavy atom. The minimum Gasteiger partial charge on any atom is -0.480 e. The molecule has 3 heteroatoms. The van der Waals surface area contributed by atoms with E-state index in [1.807, 2.05) is 0 Å². The molecule has 0 aromatic heterocycles. The van der Waals surface area contributed by atoms with E-state index in [1.165, 1.54) is 38.5 Å². The van der Waals surface area contributed by atoms with Crippen LogP contribution in [0.15, 0.2) is 0 Å². The van der Waals surface area contributed by atoms with Crippen molar-refractivity contribution >= 4 is 5.97 Å². The van der Waals surface area contributed by atoms with Gasteiger partial charge in [-0.3, -0.25) is 9.69 Å². The van der Waals surface area contributed by atoms with Gasteiger partial charge in [-0.15, -0.1) is 0 Å². The van der Waals surface area contributed by atoms with Crippen LogP contribution >= 0.6 is 0 Å². The molecule has 0 amide bonds. The minimum atomic E-state index is -0.695. The summed E-state index contributed by atoms with van der Waals surface area (Å²) in [6.45, 7) is 6.39. The average Bonchev–Trinajstić information content (AvgIpc) is 2.44. The standard InChI is InChI=1S/C14H27NO2/c1-12(2)9-15(11-14(16)17)10-13-7-5-3-4-6-8-13/h12-13H,3-11H2,1-2H3,(H,16,17). The van der Waals surface area contributed by atoms with Crippen molar-refractivity contribution in [3.63, 3.8) is 0 Å². The Labute approximate surface area is 105 Å². The van der Waals surface area contributed by atoms with Crippen LogP contribution in [0.25, 0.3) is 0 Å². The highest BCUT2D eigenvalue weighted by molar-refractivity contribution is 5.69. The Morgan fingerprint density at radius 1 is 1.24 bits per heavy atom. The molecule has 0 aromatic rings. The van der Waals surface area contributed by atoms with Crippen molar-refractivity contribution in [3.05, 3.63) is 0 Å². The fourth-order valence-corrected chi connectivity index (χ4v) is 2.82. The van der Waals surface area contributed by atoms with Gasteiger partial charge in [0.1, 0.15) is 0 Å². The first-order valence-electron chi connectivity index (χ1n) is 7.02. The third-order valence-electron chi connectivity index (χ3n) is 3.47. The van der Waals surface area contributed by atoms with Crippen LogP contribution in [-0.4, -0.2) is 35.6 Å². The van der Waals surface area contributed by atoms with E-state index in [9.17, 15) is 4.79 Å². The summed E-state index contributed by atoms with van der Waals surface area (Å²) in [5.74, 6) is 0.565. The van der Waals surface area contributed by atoms with Gasteiger partial charge >= 0.3 is 5.97 Å². The molecule has 0 aromatic carbocycles. The van der Waals surface area contributed by atoms with Gasteiger partial charge in [0.25, 0.3) is 0 Å². The van der Waals surface area contributed by atoms with Crippen LogP contribution in [0.4, 0.5) is 0 Å². The first kappa shape index (κ1) is 14.5. The van der Waals surface area contributed by atoms with E-state index in [0.29, 0.717) is 5.92 Å². The predicted molar refractivity (Wildman–Crippen MR) is 70.1 cm³/mol. The monoisotopic (exact) mass is 241 g/mol. The number of carboxylic acid groups (broad SMARTS) is 1. The second kappa shape index (κ2) is 7.70. The SMILES string of the molecule is CC(C)CN(CC(=O)O)CC1CCCCCC1. The summed E-state index contributed by atoms with van der Waals surface area (Å²) in [4.78, 5) is 13.0. The summed E-state index contributed by atoms with van der Waals surface area (Å²) in [7, 11) is 0. The number of hydrogen-bond acceptors (Lipinski definition) is 2. The Kier molecular flexibility index (Phi) is 6.56. The number of hydrogen-bond donors (Lipinski definition) is 1. The van der Waals surface area contributed by atoms with Crippen molar-refractivity contribution < 1.29 is 9.90 Å². The number of carbonyl (C=O) groups is 1. The van der Waals surface area contributed by atoms with Crippen LogP contribution in [0.2, 0.25) is 0 Å². The van der Waals surface area contributed by atoms with E-state index in [1.54, 1.807) is 0 Å². The van der Waals surface area contributed by atoms with Gasteiger partial charge in [-0.2, -0.15) is 0 Å². The number of aliphatic carboxylic acids is 1. The Morgan fingerprint density at radius 2 is 1.82 bits per heavy atom. The fourth-order valence-electron chi connectivity index (χ4n) is 2.82. The van der Waals surface area contributed by atoms with Crippen LogP contribution in [0, 0.1) is 11.8 Å². The minimum absolute atomic E-state index is 0.203. The maximum Gasteiger partial charge on any atom is 0.317 e. The van der Waals surface area contributed by atoms with E-state index >= 15 is 0 Å². The zero-order valence-corrected chi connectivity index (χ0v) is 11.3. The third-order valence-corrected chi connectivity index (χ3v) is 3.47. The Balaban J connectivity index is 2.42. The van der Waals surface area contributed by atoms with Crippen molar-refractivity contribution in [1.29, 1.82) is 0 Å². The highest BCUT2D eigenvalue weighted by Crippen LogP contribution is 2.23. The molecule has 0 saturated heterocycles. The second-order valence-electron chi connectivity index (χ2n) is 5.84. The lowest BCUT2D eigenvalue weighted by molar-refractivity contribution is -0.138. The largest absolute Gasteiger partial charge is 0.480 e. The molecule has 3 nitrogen and oxygen atoms in total. The normalized spacial score (nSPS) is 18.6. The summed E-state index contributed by atoms with van der Waals surface area (Å²) in [5.41, 5.74) is 0. The molecule has 1 N–H and O–H groups in total. The smallest absolute Gasteiger partial charge is 0.317 e. The van der Waals surface area contributed by atoms with Gasteiger partial charge in [-0.1, -0.05) is 39.5 Å².